The number of hydrogen-bond acceptors (Lipinski definition) is 6. The molecule has 0 bridgehead atoms. The monoisotopic (exact) mass is 512 g/mol. The largest absolute Gasteiger partial charge is 0.417 e. The zero-order valence-electron chi connectivity index (χ0n) is 19.6. The predicted octanol–water partition coefficient (Wildman–Crippen LogP) is 2.90. The van der Waals surface area contributed by atoms with Gasteiger partial charge in [0, 0.05) is 37.3 Å². The van der Waals surface area contributed by atoms with E-state index in [0.29, 0.717) is 45.1 Å². The minimum atomic E-state index is -4.80. The van der Waals surface area contributed by atoms with E-state index < -0.39 is 39.1 Å². The zero-order chi connectivity index (χ0) is 26.0. The van der Waals surface area contributed by atoms with Crippen LogP contribution in [-0.4, -0.2) is 68.4 Å². The zero-order valence-corrected chi connectivity index (χ0v) is 20.4. The van der Waals surface area contributed by atoms with E-state index in [1.807, 2.05) is 0 Å². The molecule has 35 heavy (non-hydrogen) atoms. The normalized spacial score (nSPS) is 18.5. The van der Waals surface area contributed by atoms with Crippen molar-refractivity contribution in [2.24, 2.45) is 0 Å². The van der Waals surface area contributed by atoms with Crippen molar-refractivity contribution in [2.45, 2.75) is 38.8 Å². The number of anilines is 1. The third kappa shape index (κ3) is 6.09. The number of unbranched alkanes of at least 4 members (excludes halogenated alkanes) is 2. The lowest BCUT2D eigenvalue weighted by atomic mass is 10.0. The Balaban J connectivity index is 1.55. The van der Waals surface area contributed by atoms with E-state index in [9.17, 15) is 31.2 Å². The third-order valence-corrected chi connectivity index (χ3v) is 7.63. The second-order valence-corrected chi connectivity index (χ2v) is 10.7. The first-order valence-corrected chi connectivity index (χ1v) is 13.1. The molecule has 1 aromatic carbocycles. The highest BCUT2D eigenvalue weighted by atomic mass is 32.2. The van der Waals surface area contributed by atoms with Gasteiger partial charge in [0.25, 0.3) is 11.8 Å². The Kier molecular flexibility index (Phi) is 8.03. The number of halogens is 3. The lowest BCUT2D eigenvalue weighted by Crippen LogP contribution is -2.48. The Labute approximate surface area is 202 Å². The van der Waals surface area contributed by atoms with Crippen molar-refractivity contribution in [3.63, 3.8) is 0 Å². The summed E-state index contributed by atoms with van der Waals surface area (Å²) in [5.74, 6) is -1.30. The summed E-state index contributed by atoms with van der Waals surface area (Å²) in [5.41, 5.74) is -1.49. The van der Waals surface area contributed by atoms with Crippen LogP contribution < -0.4 is 4.90 Å². The molecule has 190 valence electrons. The molecule has 8 nitrogen and oxygen atoms in total. The van der Waals surface area contributed by atoms with Gasteiger partial charge in [-0.05, 0) is 50.9 Å². The number of nitrogens with zero attached hydrogens (tertiary/aromatic N) is 4. The summed E-state index contributed by atoms with van der Waals surface area (Å²) >= 11 is 0. The van der Waals surface area contributed by atoms with Gasteiger partial charge in [0.2, 0.25) is 10.0 Å². The number of carbonyl (C=O) groups is 2. The maximum atomic E-state index is 13.3. The van der Waals surface area contributed by atoms with Crippen LogP contribution in [-0.2, 0) is 25.8 Å². The molecule has 2 amide bonds. The van der Waals surface area contributed by atoms with E-state index in [1.165, 1.54) is 29.6 Å². The van der Waals surface area contributed by atoms with Crippen molar-refractivity contribution >= 4 is 27.5 Å². The number of rotatable bonds is 8. The molecular weight excluding hydrogens is 485 g/mol. The molecule has 0 spiro atoms. The smallest absolute Gasteiger partial charge is 0.301 e. The Morgan fingerprint density at radius 1 is 1.03 bits per heavy atom. The second kappa shape index (κ2) is 10.5. The molecule has 0 aliphatic carbocycles. The summed E-state index contributed by atoms with van der Waals surface area (Å²) in [6.45, 7) is 4.52. The lowest BCUT2D eigenvalue weighted by molar-refractivity contribution is -0.138. The molecule has 0 saturated carbocycles. The Bertz CT molecular complexity index is 1180. The summed E-state index contributed by atoms with van der Waals surface area (Å²) in [6, 6.07) is 4.27. The van der Waals surface area contributed by atoms with Gasteiger partial charge < -0.3 is 4.90 Å². The van der Waals surface area contributed by atoms with Crippen LogP contribution in [0.5, 0.6) is 0 Å². The van der Waals surface area contributed by atoms with Gasteiger partial charge in [-0.1, -0.05) is 6.42 Å². The van der Waals surface area contributed by atoms with E-state index in [4.69, 9.17) is 5.26 Å². The minimum absolute atomic E-state index is 0.213. The van der Waals surface area contributed by atoms with Crippen LogP contribution in [0, 0.1) is 11.3 Å². The molecule has 0 aromatic heterocycles. The summed E-state index contributed by atoms with van der Waals surface area (Å²) in [7, 11) is -3.17. The van der Waals surface area contributed by atoms with Gasteiger partial charge >= 0.3 is 6.18 Å². The van der Waals surface area contributed by atoms with Crippen molar-refractivity contribution < 1.29 is 31.2 Å². The van der Waals surface area contributed by atoms with E-state index >= 15 is 0 Å². The van der Waals surface area contributed by atoms with E-state index in [1.54, 1.807) is 0 Å². The molecule has 2 heterocycles. The molecule has 3 rings (SSSR count). The number of sulfonamides is 1. The maximum Gasteiger partial charge on any atom is 0.417 e. The van der Waals surface area contributed by atoms with Crippen LogP contribution in [0.25, 0.3) is 0 Å². The number of carbonyl (C=O) groups excluding carboxylic acids is 2. The summed E-state index contributed by atoms with van der Waals surface area (Å²) in [6.07, 6.45) is -1.02. The van der Waals surface area contributed by atoms with Crippen molar-refractivity contribution in [1.82, 2.24) is 9.21 Å². The van der Waals surface area contributed by atoms with Gasteiger partial charge in [0.1, 0.15) is 0 Å². The summed E-state index contributed by atoms with van der Waals surface area (Å²) in [4.78, 5) is 28.5. The number of amides is 2. The molecule has 12 heteroatoms. The van der Waals surface area contributed by atoms with Gasteiger partial charge in [0.05, 0.1) is 29.1 Å². The quantitative estimate of drug-likeness (QED) is 0.392. The Morgan fingerprint density at radius 2 is 1.69 bits per heavy atom. The highest BCUT2D eigenvalue weighted by molar-refractivity contribution is 7.88. The average Bonchev–Trinajstić information content (AvgIpc) is 3.00. The van der Waals surface area contributed by atoms with Gasteiger partial charge in [-0.25, -0.2) is 13.3 Å². The first-order valence-electron chi connectivity index (χ1n) is 11.2. The fourth-order valence-electron chi connectivity index (χ4n) is 4.32. The first kappa shape index (κ1) is 26.8. The van der Waals surface area contributed by atoms with Crippen LogP contribution in [0.4, 0.5) is 18.9 Å². The van der Waals surface area contributed by atoms with Crippen molar-refractivity contribution in [1.29, 1.82) is 5.26 Å². The second-order valence-electron chi connectivity index (χ2n) is 8.70. The molecule has 1 aromatic rings. The van der Waals surface area contributed by atoms with E-state index in [0.717, 1.165) is 30.4 Å². The summed E-state index contributed by atoms with van der Waals surface area (Å²) < 4.78 is 64.6. The summed E-state index contributed by atoms with van der Waals surface area (Å²) in [5, 5.41) is 8.96. The molecule has 0 N–H and O–H groups in total. The number of nitriles is 1. The third-order valence-electron chi connectivity index (χ3n) is 6.33. The number of alkyl halides is 3. The molecule has 0 atom stereocenters. The Morgan fingerprint density at radius 3 is 2.26 bits per heavy atom. The SMILES string of the molecule is CC1=C(CCCCCN2CCN(S(C)(=O)=O)CC2)C(=O)N(c2ccc(C#N)c(C(F)(F)F)c2)C1=O. The van der Waals surface area contributed by atoms with Crippen LogP contribution in [0.15, 0.2) is 29.3 Å². The fourth-order valence-corrected chi connectivity index (χ4v) is 5.14. The highest BCUT2D eigenvalue weighted by Gasteiger charge is 2.39. The van der Waals surface area contributed by atoms with Gasteiger partial charge in [0.15, 0.2) is 0 Å². The van der Waals surface area contributed by atoms with Gasteiger partial charge in [-0.15, -0.1) is 0 Å². The topological polar surface area (TPSA) is 102 Å². The molecule has 1 fully saturated rings. The number of benzene rings is 1. The minimum Gasteiger partial charge on any atom is -0.301 e. The van der Waals surface area contributed by atoms with Gasteiger partial charge in [-0.2, -0.15) is 22.7 Å². The first-order chi connectivity index (χ1) is 16.3. The predicted molar refractivity (Wildman–Crippen MR) is 123 cm³/mol. The Hall–Kier alpha value is -2.75. The number of imide groups is 1. The lowest BCUT2D eigenvalue weighted by Gasteiger charge is -2.33. The number of piperazine rings is 1. The van der Waals surface area contributed by atoms with Crippen LogP contribution >= 0.6 is 0 Å². The number of hydrogen-bond donors (Lipinski definition) is 0. The van der Waals surface area contributed by atoms with E-state index in [-0.39, 0.29) is 16.8 Å². The van der Waals surface area contributed by atoms with Crippen molar-refractivity contribution in [3.8, 4) is 6.07 Å². The molecule has 0 radical (unpaired) electrons. The molecule has 2 aliphatic rings. The van der Waals surface area contributed by atoms with Crippen molar-refractivity contribution in [2.75, 3.05) is 43.9 Å². The molecule has 0 unspecified atom stereocenters. The molecular formula is C23H27F3N4O4S. The highest BCUT2D eigenvalue weighted by Crippen LogP contribution is 2.36. The molecule has 1 saturated heterocycles. The van der Waals surface area contributed by atoms with E-state index in [2.05, 4.69) is 4.90 Å². The maximum absolute atomic E-state index is 13.3. The van der Waals surface area contributed by atoms with Crippen LogP contribution in [0.1, 0.15) is 43.7 Å². The standard InChI is InChI=1S/C23H27F3N4O4S/c1-16-19(6-4-3-5-9-28-10-12-29(13-11-28)35(2,33)34)22(32)30(21(16)31)18-8-7-17(15-27)20(14-18)23(24,25)26/h7-8,14H,3-6,9-13H2,1-2H3. The average molecular weight is 513 g/mol. The van der Waals surface area contributed by atoms with Crippen molar-refractivity contribution in [3.05, 3.63) is 40.5 Å². The van der Waals surface area contributed by atoms with Crippen LogP contribution in [0.2, 0.25) is 0 Å². The molecule has 2 aliphatic heterocycles. The van der Waals surface area contributed by atoms with Gasteiger partial charge in [-0.3, -0.25) is 9.59 Å². The van der Waals surface area contributed by atoms with Crippen LogP contribution in [0.3, 0.4) is 0 Å². The fraction of sp³-hybridized carbons (Fsp3) is 0.522.